The summed E-state index contributed by atoms with van der Waals surface area (Å²) in [6, 6.07) is 1.82. The Hall–Kier alpha value is -0.760. The van der Waals surface area contributed by atoms with E-state index in [9.17, 15) is 0 Å². The van der Waals surface area contributed by atoms with E-state index in [-0.39, 0.29) is 0 Å². The molecule has 1 aromatic heterocycles. The van der Waals surface area contributed by atoms with E-state index in [0.29, 0.717) is 11.3 Å². The van der Waals surface area contributed by atoms with Gasteiger partial charge < -0.3 is 4.74 Å². The highest BCUT2D eigenvalue weighted by Crippen LogP contribution is 2.28. The minimum Gasteiger partial charge on any atom is -0.489 e. The van der Waals surface area contributed by atoms with Crippen molar-refractivity contribution in [1.29, 1.82) is 0 Å². The summed E-state index contributed by atoms with van der Waals surface area (Å²) >= 11 is 5.70. The molecule has 1 heterocycles. The van der Waals surface area contributed by atoms with Gasteiger partial charge in [-0.25, -0.2) is 4.98 Å². The van der Waals surface area contributed by atoms with Crippen LogP contribution < -0.4 is 4.74 Å². The fourth-order valence-corrected chi connectivity index (χ4v) is 1.21. The molecule has 0 unspecified atom stereocenters. The van der Waals surface area contributed by atoms with Crippen molar-refractivity contribution in [2.24, 2.45) is 0 Å². The molecule has 0 amide bonds. The third kappa shape index (κ3) is 1.69. The smallest absolute Gasteiger partial charge is 0.141 e. The molecule has 2 nitrogen and oxygen atoms in total. The lowest BCUT2D eigenvalue weighted by Crippen LogP contribution is -1.98. The standard InChI is InChI=1S/C9H10ClNO/c1-6-4-9(10)11-5-8(6)12-7-2-3-7/h4-5,7H,2-3H2,1H3. The molecule has 0 saturated heterocycles. The van der Waals surface area contributed by atoms with Gasteiger partial charge in [0.05, 0.1) is 12.3 Å². The fourth-order valence-electron chi connectivity index (χ4n) is 0.998. The normalized spacial score (nSPS) is 16.2. The lowest BCUT2D eigenvalue weighted by atomic mass is 10.3. The first-order valence-electron chi connectivity index (χ1n) is 4.04. The second kappa shape index (κ2) is 2.94. The van der Waals surface area contributed by atoms with Gasteiger partial charge in [-0.2, -0.15) is 0 Å². The molecule has 0 aliphatic heterocycles. The minimum absolute atomic E-state index is 0.423. The van der Waals surface area contributed by atoms with Crippen molar-refractivity contribution in [3.05, 3.63) is 23.0 Å². The molecule has 0 aromatic carbocycles. The van der Waals surface area contributed by atoms with Gasteiger partial charge in [0.25, 0.3) is 0 Å². The Kier molecular flexibility index (Phi) is 1.93. The van der Waals surface area contributed by atoms with Crippen molar-refractivity contribution in [3.63, 3.8) is 0 Å². The summed E-state index contributed by atoms with van der Waals surface area (Å²) < 4.78 is 5.59. The van der Waals surface area contributed by atoms with Crippen molar-refractivity contribution in [1.82, 2.24) is 4.98 Å². The molecule has 0 spiro atoms. The van der Waals surface area contributed by atoms with Crippen molar-refractivity contribution < 1.29 is 4.74 Å². The van der Waals surface area contributed by atoms with E-state index in [4.69, 9.17) is 16.3 Å². The van der Waals surface area contributed by atoms with Crippen LogP contribution in [0.15, 0.2) is 12.3 Å². The third-order valence-electron chi connectivity index (χ3n) is 1.85. The van der Waals surface area contributed by atoms with Crippen LogP contribution in [-0.4, -0.2) is 11.1 Å². The lowest BCUT2D eigenvalue weighted by molar-refractivity contribution is 0.300. The van der Waals surface area contributed by atoms with Crippen LogP contribution in [0.3, 0.4) is 0 Å². The summed E-state index contributed by atoms with van der Waals surface area (Å²) in [6.07, 6.45) is 4.45. The second-order valence-corrected chi connectivity index (χ2v) is 3.48. The summed E-state index contributed by atoms with van der Waals surface area (Å²) in [4.78, 5) is 3.96. The van der Waals surface area contributed by atoms with Crippen molar-refractivity contribution in [3.8, 4) is 5.75 Å². The number of hydrogen-bond donors (Lipinski definition) is 0. The van der Waals surface area contributed by atoms with Crippen molar-refractivity contribution in [2.45, 2.75) is 25.9 Å². The molecule has 1 aromatic rings. The Balaban J connectivity index is 2.18. The van der Waals surface area contributed by atoms with Gasteiger partial charge in [0.15, 0.2) is 0 Å². The highest BCUT2D eigenvalue weighted by molar-refractivity contribution is 6.29. The Bertz CT molecular complexity index is 297. The predicted molar refractivity (Wildman–Crippen MR) is 47.6 cm³/mol. The van der Waals surface area contributed by atoms with Crippen LogP contribution in [0.1, 0.15) is 18.4 Å². The molecular formula is C9H10ClNO. The molecule has 0 radical (unpaired) electrons. The van der Waals surface area contributed by atoms with E-state index >= 15 is 0 Å². The molecular weight excluding hydrogens is 174 g/mol. The Morgan fingerprint density at radius 3 is 2.92 bits per heavy atom. The molecule has 3 heteroatoms. The van der Waals surface area contributed by atoms with E-state index in [1.54, 1.807) is 6.20 Å². The number of halogens is 1. The van der Waals surface area contributed by atoms with Crippen LogP contribution >= 0.6 is 11.6 Å². The maximum absolute atomic E-state index is 5.70. The first kappa shape index (κ1) is 7.87. The van der Waals surface area contributed by atoms with Crippen LogP contribution in [-0.2, 0) is 0 Å². The fraction of sp³-hybridized carbons (Fsp3) is 0.444. The van der Waals surface area contributed by atoms with Gasteiger partial charge >= 0.3 is 0 Å². The van der Waals surface area contributed by atoms with E-state index in [2.05, 4.69) is 4.98 Å². The first-order chi connectivity index (χ1) is 5.75. The van der Waals surface area contributed by atoms with Crippen molar-refractivity contribution >= 4 is 11.6 Å². The molecule has 1 saturated carbocycles. The molecule has 1 aliphatic carbocycles. The summed E-state index contributed by atoms with van der Waals surface area (Å²) in [5.74, 6) is 0.863. The van der Waals surface area contributed by atoms with Gasteiger partial charge in [0, 0.05) is 0 Å². The SMILES string of the molecule is Cc1cc(Cl)ncc1OC1CC1. The van der Waals surface area contributed by atoms with E-state index in [0.717, 1.165) is 11.3 Å². The number of nitrogens with zero attached hydrogens (tertiary/aromatic N) is 1. The van der Waals surface area contributed by atoms with E-state index < -0.39 is 0 Å². The molecule has 2 rings (SSSR count). The number of rotatable bonds is 2. The molecule has 0 atom stereocenters. The highest BCUT2D eigenvalue weighted by atomic mass is 35.5. The Morgan fingerprint density at radius 1 is 1.58 bits per heavy atom. The van der Waals surface area contributed by atoms with Crippen LogP contribution in [0.2, 0.25) is 5.15 Å². The zero-order valence-corrected chi connectivity index (χ0v) is 7.64. The third-order valence-corrected chi connectivity index (χ3v) is 2.05. The highest BCUT2D eigenvalue weighted by Gasteiger charge is 2.24. The van der Waals surface area contributed by atoms with Crippen LogP contribution in [0.25, 0.3) is 0 Å². The number of ether oxygens (including phenoxy) is 1. The largest absolute Gasteiger partial charge is 0.489 e. The van der Waals surface area contributed by atoms with Crippen LogP contribution in [0.5, 0.6) is 5.75 Å². The minimum atomic E-state index is 0.423. The number of pyridine rings is 1. The topological polar surface area (TPSA) is 22.1 Å². The Morgan fingerprint density at radius 2 is 2.33 bits per heavy atom. The van der Waals surface area contributed by atoms with Gasteiger partial charge in [-0.3, -0.25) is 0 Å². The number of hydrogen-bond acceptors (Lipinski definition) is 2. The van der Waals surface area contributed by atoms with Gasteiger partial charge in [-0.05, 0) is 31.4 Å². The van der Waals surface area contributed by atoms with E-state index in [1.807, 2.05) is 13.0 Å². The maximum Gasteiger partial charge on any atom is 0.141 e. The molecule has 1 aliphatic rings. The first-order valence-corrected chi connectivity index (χ1v) is 4.42. The van der Waals surface area contributed by atoms with Crippen LogP contribution in [0, 0.1) is 6.92 Å². The zero-order valence-electron chi connectivity index (χ0n) is 6.88. The summed E-state index contributed by atoms with van der Waals surface area (Å²) in [5.41, 5.74) is 1.06. The quantitative estimate of drug-likeness (QED) is 0.658. The summed E-state index contributed by atoms with van der Waals surface area (Å²) in [6.45, 7) is 1.98. The average molecular weight is 184 g/mol. The Labute approximate surface area is 76.5 Å². The lowest BCUT2D eigenvalue weighted by Gasteiger charge is -2.06. The number of aromatic nitrogens is 1. The van der Waals surface area contributed by atoms with Gasteiger partial charge in [-0.1, -0.05) is 11.6 Å². The molecule has 0 N–H and O–H groups in total. The van der Waals surface area contributed by atoms with E-state index in [1.165, 1.54) is 12.8 Å². The molecule has 12 heavy (non-hydrogen) atoms. The average Bonchev–Trinajstić information content (AvgIpc) is 2.79. The number of aryl methyl sites for hydroxylation is 1. The van der Waals surface area contributed by atoms with Gasteiger partial charge in [0.2, 0.25) is 0 Å². The summed E-state index contributed by atoms with van der Waals surface area (Å²) in [7, 11) is 0. The maximum atomic E-state index is 5.70. The van der Waals surface area contributed by atoms with Gasteiger partial charge in [0.1, 0.15) is 10.9 Å². The van der Waals surface area contributed by atoms with Crippen molar-refractivity contribution in [2.75, 3.05) is 0 Å². The second-order valence-electron chi connectivity index (χ2n) is 3.09. The monoisotopic (exact) mass is 183 g/mol. The van der Waals surface area contributed by atoms with Gasteiger partial charge in [-0.15, -0.1) is 0 Å². The predicted octanol–water partition coefficient (Wildman–Crippen LogP) is 2.58. The molecule has 0 bridgehead atoms. The van der Waals surface area contributed by atoms with Crippen LogP contribution in [0.4, 0.5) is 0 Å². The molecule has 1 fully saturated rings. The zero-order chi connectivity index (χ0) is 8.55. The summed E-state index contributed by atoms with van der Waals surface area (Å²) in [5, 5.41) is 0.524. The molecule has 64 valence electrons.